The van der Waals surface area contributed by atoms with Gasteiger partial charge in [0.2, 0.25) is 11.8 Å². The van der Waals surface area contributed by atoms with Gasteiger partial charge in [-0.1, -0.05) is 31.0 Å². The van der Waals surface area contributed by atoms with Gasteiger partial charge in [-0.25, -0.2) is 0 Å². The van der Waals surface area contributed by atoms with E-state index in [1.807, 2.05) is 43.3 Å². The first-order valence-corrected chi connectivity index (χ1v) is 11.7. The molecular formula is C26H31N3O5. The third kappa shape index (κ3) is 5.68. The van der Waals surface area contributed by atoms with Gasteiger partial charge in [-0.3, -0.25) is 19.3 Å². The highest BCUT2D eigenvalue weighted by Crippen LogP contribution is 2.32. The number of nitrogens with zero attached hydrogens (tertiary/aromatic N) is 2. The Morgan fingerprint density at radius 2 is 1.88 bits per heavy atom. The zero-order valence-corrected chi connectivity index (χ0v) is 19.7. The predicted octanol–water partition coefficient (Wildman–Crippen LogP) is 2.82. The number of hydrogen-bond acceptors (Lipinski definition) is 5. The number of carbonyl (C=O) groups is 3. The van der Waals surface area contributed by atoms with Crippen molar-refractivity contribution in [2.24, 2.45) is 0 Å². The van der Waals surface area contributed by atoms with Crippen molar-refractivity contribution in [3.05, 3.63) is 53.6 Å². The summed E-state index contributed by atoms with van der Waals surface area (Å²) in [7, 11) is 1.59. The van der Waals surface area contributed by atoms with Gasteiger partial charge in [0.25, 0.3) is 5.91 Å². The molecule has 8 heteroatoms. The third-order valence-electron chi connectivity index (χ3n) is 6.29. The van der Waals surface area contributed by atoms with E-state index in [1.165, 1.54) is 9.80 Å². The molecule has 0 aromatic heterocycles. The first-order chi connectivity index (χ1) is 16.4. The van der Waals surface area contributed by atoms with Crippen LogP contribution in [0.15, 0.2) is 42.5 Å². The maximum Gasteiger partial charge on any atom is 0.265 e. The Kier molecular flexibility index (Phi) is 7.35. The highest BCUT2D eigenvalue weighted by molar-refractivity contribution is 6.02. The first-order valence-electron chi connectivity index (χ1n) is 11.7. The molecule has 0 unspecified atom stereocenters. The summed E-state index contributed by atoms with van der Waals surface area (Å²) < 4.78 is 10.7. The van der Waals surface area contributed by atoms with Gasteiger partial charge in [0.1, 0.15) is 18.0 Å². The van der Waals surface area contributed by atoms with Crippen LogP contribution in [0.4, 0.5) is 5.69 Å². The van der Waals surface area contributed by atoms with Gasteiger partial charge in [0, 0.05) is 12.6 Å². The lowest BCUT2D eigenvalue weighted by atomic mass is 10.1. The normalized spacial score (nSPS) is 15.5. The maximum absolute atomic E-state index is 13.4. The topological polar surface area (TPSA) is 88.2 Å². The summed E-state index contributed by atoms with van der Waals surface area (Å²) in [6.07, 6.45) is 4.15. The van der Waals surface area contributed by atoms with Gasteiger partial charge in [-0.2, -0.15) is 0 Å². The molecule has 0 spiro atoms. The minimum Gasteiger partial charge on any atom is -0.497 e. The van der Waals surface area contributed by atoms with Crippen molar-refractivity contribution in [3.63, 3.8) is 0 Å². The molecule has 1 aliphatic heterocycles. The fourth-order valence-corrected chi connectivity index (χ4v) is 4.42. The van der Waals surface area contributed by atoms with Crippen molar-refractivity contribution < 1.29 is 23.9 Å². The Morgan fingerprint density at radius 3 is 2.59 bits per heavy atom. The van der Waals surface area contributed by atoms with Crippen LogP contribution in [0.1, 0.15) is 36.8 Å². The van der Waals surface area contributed by atoms with E-state index in [0.717, 1.165) is 36.8 Å². The Bertz CT molecular complexity index is 1050. The molecule has 180 valence electrons. The van der Waals surface area contributed by atoms with Gasteiger partial charge in [0.05, 0.1) is 19.3 Å². The Balaban J connectivity index is 1.52. The molecule has 1 N–H and O–H groups in total. The summed E-state index contributed by atoms with van der Waals surface area (Å²) in [5.74, 6) is 0.509. The smallest absolute Gasteiger partial charge is 0.265 e. The number of ether oxygens (including phenoxy) is 2. The van der Waals surface area contributed by atoms with Crippen molar-refractivity contribution in [2.45, 2.75) is 45.2 Å². The number of carbonyl (C=O) groups excluding carboxylic acids is 3. The fraction of sp³-hybridized carbons (Fsp3) is 0.423. The molecule has 2 aromatic carbocycles. The molecule has 8 nitrogen and oxygen atoms in total. The second kappa shape index (κ2) is 10.6. The average molecular weight is 466 g/mol. The summed E-state index contributed by atoms with van der Waals surface area (Å²) in [6.45, 7) is 1.82. The molecule has 2 aromatic rings. The van der Waals surface area contributed by atoms with Crippen molar-refractivity contribution in [3.8, 4) is 11.5 Å². The molecular weight excluding hydrogens is 434 g/mol. The number of benzene rings is 2. The van der Waals surface area contributed by atoms with Gasteiger partial charge in [-0.05, 0) is 55.2 Å². The number of fused-ring (bicyclic) bond motifs is 1. The van der Waals surface area contributed by atoms with E-state index in [1.54, 1.807) is 13.2 Å². The van der Waals surface area contributed by atoms with Crippen molar-refractivity contribution in [1.29, 1.82) is 0 Å². The van der Waals surface area contributed by atoms with E-state index < -0.39 is 0 Å². The maximum atomic E-state index is 13.4. The van der Waals surface area contributed by atoms with Gasteiger partial charge in [-0.15, -0.1) is 0 Å². The zero-order chi connectivity index (χ0) is 24.1. The highest BCUT2D eigenvalue weighted by Gasteiger charge is 2.30. The number of rotatable bonds is 8. The van der Waals surface area contributed by atoms with Gasteiger partial charge >= 0.3 is 0 Å². The van der Waals surface area contributed by atoms with Crippen LogP contribution in [0.2, 0.25) is 0 Å². The molecule has 34 heavy (non-hydrogen) atoms. The number of hydrogen-bond donors (Lipinski definition) is 1. The first kappa shape index (κ1) is 23.6. The molecule has 4 rings (SSSR count). The molecule has 0 bridgehead atoms. The Hall–Kier alpha value is -3.55. The summed E-state index contributed by atoms with van der Waals surface area (Å²) in [5.41, 5.74) is 2.40. The largest absolute Gasteiger partial charge is 0.497 e. The molecule has 0 atom stereocenters. The van der Waals surface area contributed by atoms with Crippen LogP contribution < -0.4 is 19.7 Å². The van der Waals surface area contributed by atoms with Crippen LogP contribution in [0.3, 0.4) is 0 Å². The van der Waals surface area contributed by atoms with Crippen LogP contribution in [0, 0.1) is 6.92 Å². The van der Waals surface area contributed by atoms with E-state index in [-0.39, 0.29) is 50.0 Å². The SMILES string of the molecule is COc1ccc(CN(CC(=O)NC2CCCC2)C(=O)CN2C(=O)COc3ccc(C)cc32)cc1. The molecule has 1 heterocycles. The summed E-state index contributed by atoms with van der Waals surface area (Å²) in [4.78, 5) is 41.8. The van der Waals surface area contributed by atoms with E-state index in [9.17, 15) is 14.4 Å². The van der Waals surface area contributed by atoms with Crippen LogP contribution in [0.25, 0.3) is 0 Å². The molecule has 0 radical (unpaired) electrons. The number of anilines is 1. The van der Waals surface area contributed by atoms with Crippen LogP contribution in [-0.4, -0.2) is 55.5 Å². The number of amides is 3. The highest BCUT2D eigenvalue weighted by atomic mass is 16.5. The fourth-order valence-electron chi connectivity index (χ4n) is 4.42. The van der Waals surface area contributed by atoms with Gasteiger partial charge < -0.3 is 19.7 Å². The van der Waals surface area contributed by atoms with E-state index in [0.29, 0.717) is 17.2 Å². The monoisotopic (exact) mass is 465 g/mol. The summed E-state index contributed by atoms with van der Waals surface area (Å²) in [6, 6.07) is 13.1. The quantitative estimate of drug-likeness (QED) is 0.648. The molecule has 0 saturated heterocycles. The minimum atomic E-state index is -0.305. The second-order valence-corrected chi connectivity index (χ2v) is 8.89. The third-order valence-corrected chi connectivity index (χ3v) is 6.29. The lowest BCUT2D eigenvalue weighted by molar-refractivity contribution is -0.136. The number of nitrogens with one attached hydrogen (secondary N) is 1. The molecule has 1 aliphatic carbocycles. The lowest BCUT2D eigenvalue weighted by Crippen LogP contribution is -2.49. The van der Waals surface area contributed by atoms with Crippen molar-refractivity contribution in [1.82, 2.24) is 10.2 Å². The minimum absolute atomic E-state index is 0.0689. The Morgan fingerprint density at radius 1 is 1.15 bits per heavy atom. The predicted molar refractivity (Wildman–Crippen MR) is 128 cm³/mol. The van der Waals surface area contributed by atoms with Crippen LogP contribution in [-0.2, 0) is 20.9 Å². The van der Waals surface area contributed by atoms with Crippen molar-refractivity contribution >= 4 is 23.4 Å². The zero-order valence-electron chi connectivity index (χ0n) is 19.7. The summed E-state index contributed by atoms with van der Waals surface area (Å²) >= 11 is 0. The second-order valence-electron chi connectivity index (χ2n) is 8.89. The number of methoxy groups -OCH3 is 1. The average Bonchev–Trinajstić information content (AvgIpc) is 3.34. The van der Waals surface area contributed by atoms with Gasteiger partial charge in [0.15, 0.2) is 6.61 Å². The molecule has 2 aliphatic rings. The molecule has 3 amide bonds. The molecule has 1 fully saturated rings. The van der Waals surface area contributed by atoms with E-state index >= 15 is 0 Å². The lowest BCUT2D eigenvalue weighted by Gasteiger charge is -2.31. The van der Waals surface area contributed by atoms with E-state index in [2.05, 4.69) is 5.32 Å². The van der Waals surface area contributed by atoms with Crippen molar-refractivity contribution in [2.75, 3.05) is 31.7 Å². The van der Waals surface area contributed by atoms with Crippen LogP contribution >= 0.6 is 0 Å². The summed E-state index contributed by atoms with van der Waals surface area (Å²) in [5, 5.41) is 3.05. The number of aryl methyl sites for hydroxylation is 1. The van der Waals surface area contributed by atoms with E-state index in [4.69, 9.17) is 9.47 Å². The molecule has 1 saturated carbocycles. The standard InChI is InChI=1S/C26H31N3O5/c1-18-7-12-23-22(13-18)29(26(32)17-34-23)16-25(31)28(14-19-8-10-21(33-2)11-9-19)15-24(30)27-20-5-3-4-6-20/h7-13,20H,3-6,14-17H2,1-2H3,(H,27,30). The Labute approximate surface area is 199 Å². The van der Waals surface area contributed by atoms with Crippen LogP contribution in [0.5, 0.6) is 11.5 Å².